The van der Waals surface area contributed by atoms with Crippen molar-refractivity contribution in [3.05, 3.63) is 63.1 Å². The van der Waals surface area contributed by atoms with Crippen LogP contribution >= 0.6 is 15.9 Å². The van der Waals surface area contributed by atoms with Crippen LogP contribution in [0.3, 0.4) is 0 Å². The lowest BCUT2D eigenvalue weighted by atomic mass is 10.1. The average Bonchev–Trinajstić information content (AvgIpc) is 2.55. The Hall–Kier alpha value is -2.58. The summed E-state index contributed by atoms with van der Waals surface area (Å²) in [7, 11) is 0. The molecule has 0 aliphatic rings. The first-order valence-electron chi connectivity index (χ1n) is 7.86. The van der Waals surface area contributed by atoms with Crippen LogP contribution in [0.1, 0.15) is 23.6 Å². The van der Waals surface area contributed by atoms with Gasteiger partial charge in [-0.05, 0) is 73.9 Å². The molecule has 0 bridgehead atoms. The highest BCUT2D eigenvalue weighted by Gasteiger charge is 2.11. The SMILES string of the molecule is CCOc1cc(Br)cc(/C=C(\C#N)C(=O)Nc2ccc(C)c(C)c2)c1. The van der Waals surface area contributed by atoms with Crippen LogP contribution in [-0.2, 0) is 4.79 Å². The molecule has 25 heavy (non-hydrogen) atoms. The van der Waals surface area contributed by atoms with E-state index in [4.69, 9.17) is 4.74 Å². The molecule has 0 atom stereocenters. The van der Waals surface area contributed by atoms with Crippen molar-refractivity contribution in [1.82, 2.24) is 0 Å². The first-order valence-corrected chi connectivity index (χ1v) is 8.66. The molecule has 0 aliphatic heterocycles. The van der Waals surface area contributed by atoms with Gasteiger partial charge in [0.15, 0.2) is 0 Å². The Kier molecular flexibility index (Phi) is 6.37. The van der Waals surface area contributed by atoms with E-state index in [1.165, 1.54) is 0 Å². The second-order valence-corrected chi connectivity index (χ2v) is 6.49. The molecule has 0 radical (unpaired) electrons. The minimum absolute atomic E-state index is 0.0266. The van der Waals surface area contributed by atoms with E-state index in [2.05, 4.69) is 21.2 Å². The number of anilines is 1. The Bertz CT molecular complexity index is 866. The lowest BCUT2D eigenvalue weighted by Crippen LogP contribution is -2.13. The molecule has 1 N–H and O–H groups in total. The molecule has 5 heteroatoms. The van der Waals surface area contributed by atoms with Crippen molar-refractivity contribution in [2.75, 3.05) is 11.9 Å². The van der Waals surface area contributed by atoms with Crippen molar-refractivity contribution < 1.29 is 9.53 Å². The molecule has 0 saturated carbocycles. The van der Waals surface area contributed by atoms with Crippen molar-refractivity contribution in [2.45, 2.75) is 20.8 Å². The van der Waals surface area contributed by atoms with Crippen molar-refractivity contribution >= 4 is 33.6 Å². The smallest absolute Gasteiger partial charge is 0.266 e. The van der Waals surface area contributed by atoms with E-state index in [0.29, 0.717) is 23.6 Å². The number of benzene rings is 2. The van der Waals surface area contributed by atoms with Gasteiger partial charge >= 0.3 is 0 Å². The van der Waals surface area contributed by atoms with Gasteiger partial charge in [-0.15, -0.1) is 0 Å². The number of carbonyl (C=O) groups excluding carboxylic acids is 1. The highest BCUT2D eigenvalue weighted by molar-refractivity contribution is 9.10. The molecule has 0 unspecified atom stereocenters. The summed E-state index contributed by atoms with van der Waals surface area (Å²) in [5, 5.41) is 12.1. The number of carbonyl (C=O) groups is 1. The van der Waals surface area contributed by atoms with Crippen LogP contribution in [0.2, 0.25) is 0 Å². The predicted octanol–water partition coefficient (Wildman–Crippen LogP) is 5.01. The third-order valence-corrected chi connectivity index (χ3v) is 4.10. The number of hydrogen-bond donors (Lipinski definition) is 1. The normalized spacial score (nSPS) is 10.9. The molecular weight excluding hydrogens is 380 g/mol. The summed E-state index contributed by atoms with van der Waals surface area (Å²) in [5.41, 5.74) is 3.63. The van der Waals surface area contributed by atoms with E-state index in [-0.39, 0.29) is 5.57 Å². The number of nitrogens with zero attached hydrogens (tertiary/aromatic N) is 1. The van der Waals surface area contributed by atoms with Gasteiger partial charge in [0.2, 0.25) is 0 Å². The van der Waals surface area contributed by atoms with Crippen molar-refractivity contribution in [2.24, 2.45) is 0 Å². The van der Waals surface area contributed by atoms with E-state index in [1.807, 2.05) is 57.2 Å². The average molecular weight is 399 g/mol. The molecule has 0 spiro atoms. The summed E-state index contributed by atoms with van der Waals surface area (Å²) >= 11 is 3.41. The minimum atomic E-state index is -0.441. The second-order valence-electron chi connectivity index (χ2n) is 5.58. The molecule has 2 rings (SSSR count). The van der Waals surface area contributed by atoms with Crippen LogP contribution in [0, 0.1) is 25.2 Å². The van der Waals surface area contributed by atoms with E-state index in [0.717, 1.165) is 15.6 Å². The largest absolute Gasteiger partial charge is 0.494 e. The molecule has 0 aliphatic carbocycles. The number of ether oxygens (including phenoxy) is 1. The quantitative estimate of drug-likeness (QED) is 0.568. The predicted molar refractivity (Wildman–Crippen MR) is 103 cm³/mol. The molecule has 0 saturated heterocycles. The van der Waals surface area contributed by atoms with Gasteiger partial charge in [-0.3, -0.25) is 4.79 Å². The lowest BCUT2D eigenvalue weighted by Gasteiger charge is -2.08. The number of nitriles is 1. The second kappa shape index (κ2) is 8.50. The molecule has 0 heterocycles. The van der Waals surface area contributed by atoms with Crippen LogP contribution in [0.15, 0.2) is 46.4 Å². The van der Waals surface area contributed by atoms with Gasteiger partial charge < -0.3 is 10.1 Å². The van der Waals surface area contributed by atoms with Gasteiger partial charge in [-0.25, -0.2) is 0 Å². The molecule has 4 nitrogen and oxygen atoms in total. The van der Waals surface area contributed by atoms with E-state index in [9.17, 15) is 10.1 Å². The molecule has 2 aromatic rings. The van der Waals surface area contributed by atoms with Crippen LogP contribution in [-0.4, -0.2) is 12.5 Å². The van der Waals surface area contributed by atoms with Crippen molar-refractivity contribution in [3.63, 3.8) is 0 Å². The van der Waals surface area contributed by atoms with Gasteiger partial charge in [-0.2, -0.15) is 5.26 Å². The molecule has 1 amide bonds. The maximum Gasteiger partial charge on any atom is 0.266 e. The topological polar surface area (TPSA) is 62.1 Å². The highest BCUT2D eigenvalue weighted by atomic mass is 79.9. The lowest BCUT2D eigenvalue weighted by molar-refractivity contribution is -0.112. The zero-order chi connectivity index (χ0) is 18.4. The van der Waals surface area contributed by atoms with Crippen molar-refractivity contribution in [1.29, 1.82) is 5.26 Å². The fourth-order valence-corrected chi connectivity index (χ4v) is 2.74. The first kappa shape index (κ1) is 18.8. The summed E-state index contributed by atoms with van der Waals surface area (Å²) in [6, 6.07) is 13.0. The highest BCUT2D eigenvalue weighted by Crippen LogP contribution is 2.23. The molecule has 0 aromatic heterocycles. The Balaban J connectivity index is 2.26. The third kappa shape index (κ3) is 5.20. The van der Waals surface area contributed by atoms with Crippen LogP contribution in [0.25, 0.3) is 6.08 Å². The Morgan fingerprint density at radius 2 is 2.00 bits per heavy atom. The van der Waals surface area contributed by atoms with E-state index < -0.39 is 5.91 Å². The van der Waals surface area contributed by atoms with Crippen molar-refractivity contribution in [3.8, 4) is 11.8 Å². The molecule has 2 aromatic carbocycles. The maximum atomic E-state index is 12.4. The van der Waals surface area contributed by atoms with Gasteiger partial charge in [0, 0.05) is 10.2 Å². The van der Waals surface area contributed by atoms with Gasteiger partial charge in [0.25, 0.3) is 5.91 Å². The summed E-state index contributed by atoms with van der Waals surface area (Å²) in [6.45, 7) is 6.42. The Labute approximate surface area is 156 Å². The van der Waals surface area contributed by atoms with Gasteiger partial charge in [0.05, 0.1) is 6.61 Å². The number of amides is 1. The number of rotatable bonds is 5. The zero-order valence-corrected chi connectivity index (χ0v) is 16.0. The number of hydrogen-bond acceptors (Lipinski definition) is 3. The number of halogens is 1. The summed E-state index contributed by atoms with van der Waals surface area (Å²) < 4.78 is 6.30. The Morgan fingerprint density at radius 3 is 2.64 bits per heavy atom. The number of aryl methyl sites for hydroxylation is 2. The van der Waals surface area contributed by atoms with E-state index in [1.54, 1.807) is 12.1 Å². The maximum absolute atomic E-state index is 12.4. The van der Waals surface area contributed by atoms with Crippen LogP contribution in [0.4, 0.5) is 5.69 Å². The third-order valence-electron chi connectivity index (χ3n) is 3.65. The minimum Gasteiger partial charge on any atom is -0.494 e. The summed E-state index contributed by atoms with van der Waals surface area (Å²) in [6.07, 6.45) is 1.55. The van der Waals surface area contributed by atoms with Crippen LogP contribution in [0.5, 0.6) is 5.75 Å². The first-order chi connectivity index (χ1) is 11.9. The molecular formula is C20H19BrN2O2. The van der Waals surface area contributed by atoms with E-state index >= 15 is 0 Å². The summed E-state index contributed by atoms with van der Waals surface area (Å²) in [4.78, 5) is 12.4. The zero-order valence-electron chi connectivity index (χ0n) is 14.4. The Morgan fingerprint density at radius 1 is 1.24 bits per heavy atom. The van der Waals surface area contributed by atoms with Gasteiger partial charge in [0.1, 0.15) is 17.4 Å². The van der Waals surface area contributed by atoms with Gasteiger partial charge in [-0.1, -0.05) is 22.0 Å². The standard InChI is InChI=1S/C20H19BrN2O2/c1-4-25-19-10-15(9-17(21)11-19)8-16(12-22)20(24)23-18-6-5-13(2)14(3)7-18/h5-11H,4H2,1-3H3,(H,23,24)/b16-8+. The molecule has 0 fully saturated rings. The fraction of sp³-hybridized carbons (Fsp3) is 0.200. The monoisotopic (exact) mass is 398 g/mol. The van der Waals surface area contributed by atoms with Crippen LogP contribution < -0.4 is 10.1 Å². The number of nitrogens with one attached hydrogen (secondary N) is 1. The summed E-state index contributed by atoms with van der Waals surface area (Å²) in [5.74, 6) is 0.235. The molecule has 128 valence electrons. The fourth-order valence-electron chi connectivity index (χ4n) is 2.25.